The zero-order valence-electron chi connectivity index (χ0n) is 13.1. The third kappa shape index (κ3) is 3.63. The molecule has 0 saturated carbocycles. The number of benzene rings is 2. The fourth-order valence-corrected chi connectivity index (χ4v) is 2.24. The lowest BCUT2D eigenvalue weighted by Gasteiger charge is -2.19. The first-order valence-electron chi connectivity index (χ1n) is 7.06. The van der Waals surface area contributed by atoms with Crippen LogP contribution in [0, 0.1) is 6.92 Å². The number of hydrogen-bond acceptors (Lipinski definition) is 2. The summed E-state index contributed by atoms with van der Waals surface area (Å²) in [6.45, 7) is 2.69. The maximum Gasteiger partial charge on any atom is 0.253 e. The van der Waals surface area contributed by atoms with E-state index >= 15 is 0 Å². The summed E-state index contributed by atoms with van der Waals surface area (Å²) < 4.78 is 0. The van der Waals surface area contributed by atoms with E-state index in [9.17, 15) is 4.79 Å². The van der Waals surface area contributed by atoms with E-state index in [1.807, 2.05) is 62.4 Å². The summed E-state index contributed by atoms with van der Waals surface area (Å²) in [6, 6.07) is 15.8. The van der Waals surface area contributed by atoms with Crippen molar-refractivity contribution in [3.8, 4) is 0 Å². The minimum Gasteiger partial charge on any atom is -0.378 e. The Morgan fingerprint density at radius 1 is 0.952 bits per heavy atom. The van der Waals surface area contributed by atoms with E-state index in [1.165, 1.54) is 11.1 Å². The zero-order chi connectivity index (χ0) is 15.4. The van der Waals surface area contributed by atoms with E-state index in [1.54, 1.807) is 4.90 Å². The van der Waals surface area contributed by atoms with Gasteiger partial charge in [-0.05, 0) is 42.3 Å². The highest BCUT2D eigenvalue weighted by Gasteiger charge is 2.12. The summed E-state index contributed by atoms with van der Waals surface area (Å²) in [4.78, 5) is 16.2. The summed E-state index contributed by atoms with van der Waals surface area (Å²) in [5.74, 6) is 0.0450. The van der Waals surface area contributed by atoms with E-state index in [2.05, 4.69) is 19.1 Å². The molecule has 0 saturated heterocycles. The fraction of sp³-hybridized carbons (Fsp3) is 0.278. The first-order valence-corrected chi connectivity index (χ1v) is 7.06. The molecule has 21 heavy (non-hydrogen) atoms. The lowest BCUT2D eigenvalue weighted by atomic mass is 10.1. The standard InChI is InChI=1S/C18H22N2O/c1-14-7-5-6-8-16(14)13-20(4)18(21)15-9-11-17(12-10-15)19(2)3/h5-12H,13H2,1-4H3. The van der Waals surface area contributed by atoms with Gasteiger partial charge in [0.25, 0.3) is 5.91 Å². The molecule has 1 amide bonds. The van der Waals surface area contributed by atoms with Crippen LogP contribution >= 0.6 is 0 Å². The highest BCUT2D eigenvalue weighted by atomic mass is 16.2. The molecule has 0 aliphatic carbocycles. The van der Waals surface area contributed by atoms with Crippen LogP contribution in [0.2, 0.25) is 0 Å². The Hall–Kier alpha value is -2.29. The van der Waals surface area contributed by atoms with Gasteiger partial charge >= 0.3 is 0 Å². The Balaban J connectivity index is 2.10. The molecule has 110 valence electrons. The van der Waals surface area contributed by atoms with Gasteiger partial charge in [0.1, 0.15) is 0 Å². The third-order valence-electron chi connectivity index (χ3n) is 3.65. The van der Waals surface area contributed by atoms with Crippen LogP contribution < -0.4 is 4.90 Å². The first-order chi connectivity index (χ1) is 9.99. The van der Waals surface area contributed by atoms with Gasteiger partial charge in [-0.1, -0.05) is 24.3 Å². The highest BCUT2D eigenvalue weighted by Crippen LogP contribution is 2.15. The molecule has 0 N–H and O–H groups in total. The largest absolute Gasteiger partial charge is 0.378 e. The molecule has 0 aliphatic rings. The molecule has 2 aromatic rings. The Kier molecular flexibility index (Phi) is 4.63. The molecule has 3 nitrogen and oxygen atoms in total. The fourth-order valence-electron chi connectivity index (χ4n) is 2.24. The molecule has 0 heterocycles. The maximum absolute atomic E-state index is 12.5. The summed E-state index contributed by atoms with van der Waals surface area (Å²) in [6.07, 6.45) is 0. The van der Waals surface area contributed by atoms with Gasteiger partial charge < -0.3 is 9.80 Å². The topological polar surface area (TPSA) is 23.6 Å². The van der Waals surface area contributed by atoms with Crippen LogP contribution in [0.15, 0.2) is 48.5 Å². The molecule has 3 heteroatoms. The number of carbonyl (C=O) groups is 1. The summed E-state index contributed by atoms with van der Waals surface area (Å²) in [7, 11) is 5.82. The number of carbonyl (C=O) groups excluding carboxylic acids is 1. The molecule has 2 rings (SSSR count). The Bertz CT molecular complexity index is 617. The SMILES string of the molecule is Cc1ccccc1CN(C)C(=O)c1ccc(N(C)C)cc1. The smallest absolute Gasteiger partial charge is 0.253 e. The monoisotopic (exact) mass is 282 g/mol. The molecule has 0 aromatic heterocycles. The number of amides is 1. The van der Waals surface area contributed by atoms with Crippen molar-refractivity contribution in [2.24, 2.45) is 0 Å². The van der Waals surface area contributed by atoms with Crippen molar-refractivity contribution < 1.29 is 4.79 Å². The second-order valence-electron chi connectivity index (χ2n) is 5.53. The molecule has 0 radical (unpaired) electrons. The van der Waals surface area contributed by atoms with Gasteiger partial charge in [0.2, 0.25) is 0 Å². The van der Waals surface area contributed by atoms with Crippen LogP contribution in [0.1, 0.15) is 21.5 Å². The lowest BCUT2D eigenvalue weighted by molar-refractivity contribution is 0.0785. The van der Waals surface area contributed by atoms with E-state index in [0.717, 1.165) is 11.3 Å². The molecule has 0 bridgehead atoms. The second-order valence-corrected chi connectivity index (χ2v) is 5.53. The van der Waals surface area contributed by atoms with Crippen molar-refractivity contribution in [3.05, 3.63) is 65.2 Å². The van der Waals surface area contributed by atoms with Gasteiger partial charge in [0.15, 0.2) is 0 Å². The van der Waals surface area contributed by atoms with E-state index < -0.39 is 0 Å². The molecular formula is C18H22N2O. The lowest BCUT2D eigenvalue weighted by Crippen LogP contribution is -2.26. The van der Waals surface area contributed by atoms with Crippen LogP contribution in [0.25, 0.3) is 0 Å². The van der Waals surface area contributed by atoms with Crippen molar-refractivity contribution in [1.82, 2.24) is 4.90 Å². The van der Waals surface area contributed by atoms with Gasteiger partial charge in [-0.3, -0.25) is 4.79 Å². The van der Waals surface area contributed by atoms with Crippen molar-refractivity contribution in [2.75, 3.05) is 26.0 Å². The molecule has 0 spiro atoms. The van der Waals surface area contributed by atoms with Gasteiger partial charge in [-0.2, -0.15) is 0 Å². The summed E-state index contributed by atoms with van der Waals surface area (Å²) >= 11 is 0. The Morgan fingerprint density at radius 2 is 1.57 bits per heavy atom. The summed E-state index contributed by atoms with van der Waals surface area (Å²) in [5.41, 5.74) is 4.20. The van der Waals surface area contributed by atoms with Gasteiger partial charge in [-0.25, -0.2) is 0 Å². The molecular weight excluding hydrogens is 260 g/mol. The predicted octanol–water partition coefficient (Wildman–Crippen LogP) is 3.33. The molecule has 2 aromatic carbocycles. The average molecular weight is 282 g/mol. The quantitative estimate of drug-likeness (QED) is 0.858. The van der Waals surface area contributed by atoms with Crippen molar-refractivity contribution >= 4 is 11.6 Å². The van der Waals surface area contributed by atoms with Crippen LogP contribution in [0.5, 0.6) is 0 Å². The van der Waals surface area contributed by atoms with Gasteiger partial charge in [0, 0.05) is 38.9 Å². The molecule has 0 aliphatic heterocycles. The van der Waals surface area contributed by atoms with Crippen molar-refractivity contribution in [1.29, 1.82) is 0 Å². The van der Waals surface area contributed by atoms with Gasteiger partial charge in [-0.15, -0.1) is 0 Å². The average Bonchev–Trinajstić information content (AvgIpc) is 2.49. The Labute approximate surface area is 126 Å². The molecule has 0 atom stereocenters. The van der Waals surface area contributed by atoms with Crippen LogP contribution in [-0.2, 0) is 6.54 Å². The molecule has 0 unspecified atom stereocenters. The van der Waals surface area contributed by atoms with Crippen LogP contribution in [0.4, 0.5) is 5.69 Å². The Morgan fingerprint density at radius 3 is 2.14 bits per heavy atom. The first kappa shape index (κ1) is 15.1. The normalized spacial score (nSPS) is 10.3. The third-order valence-corrected chi connectivity index (χ3v) is 3.65. The van der Waals surface area contributed by atoms with Crippen molar-refractivity contribution in [3.63, 3.8) is 0 Å². The summed E-state index contributed by atoms with van der Waals surface area (Å²) in [5, 5.41) is 0. The van der Waals surface area contributed by atoms with Crippen LogP contribution in [0.3, 0.4) is 0 Å². The van der Waals surface area contributed by atoms with E-state index in [-0.39, 0.29) is 5.91 Å². The maximum atomic E-state index is 12.5. The van der Waals surface area contributed by atoms with E-state index in [4.69, 9.17) is 0 Å². The predicted molar refractivity (Wildman–Crippen MR) is 87.7 cm³/mol. The minimum atomic E-state index is 0.0450. The van der Waals surface area contributed by atoms with Crippen LogP contribution in [-0.4, -0.2) is 32.0 Å². The number of nitrogens with zero attached hydrogens (tertiary/aromatic N) is 2. The van der Waals surface area contributed by atoms with Gasteiger partial charge in [0.05, 0.1) is 0 Å². The minimum absolute atomic E-state index is 0.0450. The number of hydrogen-bond donors (Lipinski definition) is 0. The second kappa shape index (κ2) is 6.44. The number of anilines is 1. The van der Waals surface area contributed by atoms with E-state index in [0.29, 0.717) is 6.54 Å². The number of rotatable bonds is 4. The zero-order valence-corrected chi connectivity index (χ0v) is 13.1. The highest BCUT2D eigenvalue weighted by molar-refractivity contribution is 5.94. The molecule has 0 fully saturated rings. The van der Waals surface area contributed by atoms with Crippen molar-refractivity contribution in [2.45, 2.75) is 13.5 Å². The number of aryl methyl sites for hydroxylation is 1.